The third-order valence-corrected chi connectivity index (χ3v) is 4.05. The number of nitrogens with zero attached hydrogens (tertiary/aromatic N) is 2. The third kappa shape index (κ3) is 2.76. The molecule has 0 aliphatic heterocycles. The second-order valence-electron chi connectivity index (χ2n) is 4.72. The molecule has 2 N–H and O–H groups in total. The Balaban J connectivity index is 1.79. The molecule has 19 heavy (non-hydrogen) atoms. The van der Waals surface area contributed by atoms with Gasteiger partial charge in [-0.05, 0) is 36.4 Å². The fraction of sp³-hybridized carbons (Fsp3) is 0.286. The van der Waals surface area contributed by atoms with Gasteiger partial charge in [0.25, 0.3) is 5.91 Å². The molecule has 0 atom stereocenters. The summed E-state index contributed by atoms with van der Waals surface area (Å²) in [5.74, 6) is 0.483. The van der Waals surface area contributed by atoms with Crippen LogP contribution in [0.1, 0.15) is 28.1 Å². The average Bonchev–Trinajstić information content (AvgIpc) is 3.13. The zero-order chi connectivity index (χ0) is 13.2. The zero-order valence-electron chi connectivity index (χ0n) is 10.5. The van der Waals surface area contributed by atoms with E-state index in [1.165, 1.54) is 4.88 Å². The van der Waals surface area contributed by atoms with Crippen molar-refractivity contribution in [3.63, 3.8) is 0 Å². The Morgan fingerprint density at radius 2 is 2.26 bits per heavy atom. The highest BCUT2D eigenvalue weighted by Crippen LogP contribution is 2.30. The van der Waals surface area contributed by atoms with Crippen LogP contribution in [0.4, 0.5) is 5.82 Å². The molecule has 0 aromatic carbocycles. The van der Waals surface area contributed by atoms with E-state index in [0.717, 1.165) is 12.8 Å². The third-order valence-electron chi connectivity index (χ3n) is 3.19. The van der Waals surface area contributed by atoms with Gasteiger partial charge in [0.15, 0.2) is 0 Å². The Labute approximate surface area is 115 Å². The fourth-order valence-electron chi connectivity index (χ4n) is 2.02. The molecule has 2 aromatic heterocycles. The van der Waals surface area contributed by atoms with Gasteiger partial charge in [0, 0.05) is 17.1 Å². The van der Waals surface area contributed by atoms with Gasteiger partial charge in [-0.15, -0.1) is 11.3 Å². The van der Waals surface area contributed by atoms with Gasteiger partial charge in [-0.1, -0.05) is 6.07 Å². The van der Waals surface area contributed by atoms with E-state index < -0.39 is 0 Å². The Morgan fingerprint density at radius 1 is 1.42 bits per heavy atom. The number of hydrogen-bond acceptors (Lipinski definition) is 4. The molecule has 0 saturated heterocycles. The number of amides is 1. The van der Waals surface area contributed by atoms with E-state index in [-0.39, 0.29) is 5.91 Å². The van der Waals surface area contributed by atoms with E-state index in [2.05, 4.69) is 11.1 Å². The van der Waals surface area contributed by atoms with Crippen LogP contribution in [-0.2, 0) is 6.54 Å². The van der Waals surface area contributed by atoms with Gasteiger partial charge in [0.1, 0.15) is 5.82 Å². The van der Waals surface area contributed by atoms with Crippen LogP contribution in [-0.4, -0.2) is 21.8 Å². The minimum Gasteiger partial charge on any atom is -0.384 e. The summed E-state index contributed by atoms with van der Waals surface area (Å²) in [6, 6.07) is 7.87. The number of carbonyl (C=O) groups excluding carboxylic acids is 1. The molecule has 1 amide bonds. The van der Waals surface area contributed by atoms with Gasteiger partial charge >= 0.3 is 0 Å². The summed E-state index contributed by atoms with van der Waals surface area (Å²) < 4.78 is 0. The molecule has 1 fully saturated rings. The normalized spacial score (nSPS) is 14.3. The Hall–Kier alpha value is -1.88. The lowest BCUT2D eigenvalue weighted by Crippen LogP contribution is -2.32. The number of anilines is 1. The molecule has 2 heterocycles. The van der Waals surface area contributed by atoms with E-state index >= 15 is 0 Å². The first-order valence-corrected chi connectivity index (χ1v) is 7.17. The Bertz CT molecular complexity index is 561. The minimum absolute atomic E-state index is 0.0448. The largest absolute Gasteiger partial charge is 0.384 e. The monoisotopic (exact) mass is 273 g/mol. The number of hydrogen-bond donors (Lipinski definition) is 1. The van der Waals surface area contributed by atoms with Crippen LogP contribution in [0.5, 0.6) is 0 Å². The number of carbonyl (C=O) groups is 1. The van der Waals surface area contributed by atoms with E-state index in [0.29, 0.717) is 24.0 Å². The van der Waals surface area contributed by atoms with E-state index in [1.807, 2.05) is 16.3 Å². The Morgan fingerprint density at radius 3 is 2.84 bits per heavy atom. The summed E-state index contributed by atoms with van der Waals surface area (Å²) in [5, 5.41) is 2.04. The van der Waals surface area contributed by atoms with Crippen molar-refractivity contribution in [2.45, 2.75) is 25.4 Å². The number of nitrogens with two attached hydrogens (primary N) is 1. The zero-order valence-corrected chi connectivity index (χ0v) is 11.3. The molecular weight excluding hydrogens is 258 g/mol. The standard InChI is InChI=1S/C14H15N3OS/c15-13-6-3-10(8-16-13)14(18)17(11-4-5-11)9-12-2-1-7-19-12/h1-3,6-8,11H,4-5,9H2,(H2,15,16). The summed E-state index contributed by atoms with van der Waals surface area (Å²) in [6.07, 6.45) is 3.75. The van der Waals surface area contributed by atoms with Gasteiger partial charge < -0.3 is 10.6 Å². The lowest BCUT2D eigenvalue weighted by atomic mass is 10.2. The maximum absolute atomic E-state index is 12.5. The SMILES string of the molecule is Nc1ccc(C(=O)N(Cc2cccs2)C2CC2)cn1. The average molecular weight is 273 g/mol. The van der Waals surface area contributed by atoms with Crippen molar-refractivity contribution in [1.82, 2.24) is 9.88 Å². The lowest BCUT2D eigenvalue weighted by Gasteiger charge is -2.21. The van der Waals surface area contributed by atoms with Crippen LogP contribution in [0.3, 0.4) is 0 Å². The maximum Gasteiger partial charge on any atom is 0.255 e. The van der Waals surface area contributed by atoms with Crippen LogP contribution in [0.15, 0.2) is 35.8 Å². The molecule has 1 aliphatic carbocycles. The van der Waals surface area contributed by atoms with Crippen LogP contribution in [0.2, 0.25) is 0 Å². The van der Waals surface area contributed by atoms with E-state index in [9.17, 15) is 4.79 Å². The fourth-order valence-corrected chi connectivity index (χ4v) is 2.72. The number of nitrogen functional groups attached to an aromatic ring is 1. The molecular formula is C14H15N3OS. The lowest BCUT2D eigenvalue weighted by molar-refractivity contribution is 0.0731. The van der Waals surface area contributed by atoms with E-state index in [1.54, 1.807) is 29.7 Å². The maximum atomic E-state index is 12.5. The molecule has 98 valence electrons. The number of pyridine rings is 1. The quantitative estimate of drug-likeness (QED) is 0.931. The van der Waals surface area contributed by atoms with Crippen LogP contribution in [0.25, 0.3) is 0 Å². The molecule has 0 unspecified atom stereocenters. The molecule has 0 radical (unpaired) electrons. The van der Waals surface area contributed by atoms with Gasteiger partial charge in [-0.3, -0.25) is 4.79 Å². The second-order valence-corrected chi connectivity index (χ2v) is 5.75. The summed E-state index contributed by atoms with van der Waals surface area (Å²) in [5.41, 5.74) is 6.16. The van der Waals surface area contributed by atoms with Crippen molar-refractivity contribution in [3.05, 3.63) is 46.3 Å². The van der Waals surface area contributed by atoms with Gasteiger partial charge in [0.05, 0.1) is 12.1 Å². The first-order valence-electron chi connectivity index (χ1n) is 6.29. The van der Waals surface area contributed by atoms with E-state index in [4.69, 9.17) is 5.73 Å². The highest BCUT2D eigenvalue weighted by atomic mass is 32.1. The predicted octanol–water partition coefficient (Wildman–Crippen LogP) is 2.53. The van der Waals surface area contributed by atoms with Crippen LogP contribution in [0, 0.1) is 0 Å². The number of rotatable bonds is 4. The van der Waals surface area contributed by atoms with Crippen molar-refractivity contribution < 1.29 is 4.79 Å². The molecule has 1 saturated carbocycles. The summed E-state index contributed by atoms with van der Waals surface area (Å²) >= 11 is 1.68. The molecule has 5 heteroatoms. The smallest absolute Gasteiger partial charge is 0.255 e. The van der Waals surface area contributed by atoms with Crippen molar-refractivity contribution in [2.24, 2.45) is 0 Å². The highest BCUT2D eigenvalue weighted by molar-refractivity contribution is 7.09. The Kier molecular flexibility index (Phi) is 3.21. The molecule has 0 spiro atoms. The van der Waals surface area contributed by atoms with Crippen molar-refractivity contribution >= 4 is 23.1 Å². The van der Waals surface area contributed by atoms with Crippen LogP contribution < -0.4 is 5.73 Å². The van der Waals surface area contributed by atoms with Gasteiger partial charge in [-0.2, -0.15) is 0 Å². The topological polar surface area (TPSA) is 59.2 Å². The molecule has 3 rings (SSSR count). The summed E-state index contributed by atoms with van der Waals surface area (Å²) in [4.78, 5) is 19.7. The first-order chi connectivity index (χ1) is 9.24. The summed E-state index contributed by atoms with van der Waals surface area (Å²) in [7, 11) is 0. The van der Waals surface area contributed by atoms with Crippen molar-refractivity contribution in [1.29, 1.82) is 0 Å². The minimum atomic E-state index is 0.0448. The molecule has 2 aromatic rings. The second kappa shape index (κ2) is 5.01. The van der Waals surface area contributed by atoms with Gasteiger partial charge in [0.2, 0.25) is 0 Å². The summed E-state index contributed by atoms with van der Waals surface area (Å²) in [6.45, 7) is 0.686. The molecule has 4 nitrogen and oxygen atoms in total. The predicted molar refractivity (Wildman–Crippen MR) is 75.9 cm³/mol. The first kappa shape index (κ1) is 12.2. The number of aromatic nitrogens is 1. The molecule has 0 bridgehead atoms. The number of thiophene rings is 1. The van der Waals surface area contributed by atoms with Crippen LogP contribution >= 0.6 is 11.3 Å². The highest BCUT2D eigenvalue weighted by Gasteiger charge is 2.33. The van der Waals surface area contributed by atoms with Crippen molar-refractivity contribution in [3.8, 4) is 0 Å². The molecule has 1 aliphatic rings. The van der Waals surface area contributed by atoms with Crippen molar-refractivity contribution in [2.75, 3.05) is 5.73 Å². The van der Waals surface area contributed by atoms with Gasteiger partial charge in [-0.25, -0.2) is 4.98 Å².